The molecule has 1 aromatic heterocycles. The highest BCUT2D eigenvalue weighted by Gasteiger charge is 2.13. The topological polar surface area (TPSA) is 90.1 Å². The van der Waals surface area contributed by atoms with Gasteiger partial charge in [-0.2, -0.15) is 5.10 Å². The molecule has 0 aliphatic rings. The Morgan fingerprint density at radius 3 is 2.89 bits per heavy atom. The molecule has 1 amide bonds. The summed E-state index contributed by atoms with van der Waals surface area (Å²) in [6.07, 6.45) is 1.53. The van der Waals surface area contributed by atoms with Crippen molar-refractivity contribution in [1.29, 1.82) is 0 Å². The third kappa shape index (κ3) is 2.54. The Labute approximate surface area is 104 Å². The molecule has 0 saturated heterocycles. The quantitative estimate of drug-likeness (QED) is 0.795. The zero-order valence-electron chi connectivity index (χ0n) is 9.75. The van der Waals surface area contributed by atoms with Crippen molar-refractivity contribution in [2.45, 2.75) is 0 Å². The highest BCUT2D eigenvalue weighted by molar-refractivity contribution is 6.05. The maximum absolute atomic E-state index is 12.0. The largest absolute Gasteiger partial charge is 0.496 e. The molecule has 92 valence electrons. The zero-order valence-corrected chi connectivity index (χ0v) is 9.75. The van der Waals surface area contributed by atoms with E-state index in [0.29, 0.717) is 22.8 Å². The number of nitrogens with zero attached hydrogens (tertiary/aromatic N) is 2. The third-order valence-corrected chi connectivity index (χ3v) is 2.28. The molecule has 6 nitrogen and oxygen atoms in total. The Morgan fingerprint density at radius 1 is 1.39 bits per heavy atom. The van der Waals surface area contributed by atoms with Crippen molar-refractivity contribution in [2.24, 2.45) is 0 Å². The van der Waals surface area contributed by atoms with Crippen LogP contribution in [0.2, 0.25) is 0 Å². The first-order chi connectivity index (χ1) is 8.70. The molecule has 0 spiro atoms. The van der Waals surface area contributed by atoms with E-state index < -0.39 is 0 Å². The monoisotopic (exact) mass is 244 g/mol. The van der Waals surface area contributed by atoms with E-state index in [0.717, 1.165) is 0 Å². The summed E-state index contributed by atoms with van der Waals surface area (Å²) in [5, 5.41) is 10.1. The number of hydrogen-bond donors (Lipinski definition) is 2. The summed E-state index contributed by atoms with van der Waals surface area (Å²) in [6.45, 7) is 0. The Bertz CT molecular complexity index is 557. The molecule has 0 aliphatic carbocycles. The van der Waals surface area contributed by atoms with E-state index in [1.54, 1.807) is 30.3 Å². The summed E-state index contributed by atoms with van der Waals surface area (Å²) >= 11 is 0. The predicted molar refractivity (Wildman–Crippen MR) is 67.4 cm³/mol. The van der Waals surface area contributed by atoms with E-state index in [-0.39, 0.29) is 5.91 Å². The van der Waals surface area contributed by atoms with Gasteiger partial charge in [-0.3, -0.25) is 4.79 Å². The molecule has 6 heteroatoms. The van der Waals surface area contributed by atoms with E-state index in [4.69, 9.17) is 10.5 Å². The van der Waals surface area contributed by atoms with Crippen molar-refractivity contribution in [1.82, 2.24) is 10.2 Å². The molecule has 18 heavy (non-hydrogen) atoms. The smallest absolute Gasteiger partial charge is 0.260 e. The maximum atomic E-state index is 12.0. The van der Waals surface area contributed by atoms with Gasteiger partial charge in [-0.05, 0) is 24.3 Å². The van der Waals surface area contributed by atoms with Crippen molar-refractivity contribution in [2.75, 3.05) is 18.2 Å². The number of benzene rings is 1. The van der Waals surface area contributed by atoms with Gasteiger partial charge >= 0.3 is 0 Å². The second-order valence-corrected chi connectivity index (χ2v) is 3.52. The molecule has 0 saturated carbocycles. The number of carbonyl (C=O) groups excluding carboxylic acids is 1. The normalized spacial score (nSPS) is 9.83. The van der Waals surface area contributed by atoms with Crippen LogP contribution in [-0.2, 0) is 0 Å². The van der Waals surface area contributed by atoms with Gasteiger partial charge in [-0.15, -0.1) is 5.10 Å². The van der Waals surface area contributed by atoms with Crippen molar-refractivity contribution in [3.8, 4) is 5.75 Å². The number of nitrogens with two attached hydrogens (primary N) is 1. The van der Waals surface area contributed by atoms with E-state index in [1.807, 2.05) is 0 Å². The lowest BCUT2D eigenvalue weighted by Crippen LogP contribution is -2.14. The van der Waals surface area contributed by atoms with Gasteiger partial charge in [-0.1, -0.05) is 0 Å². The van der Waals surface area contributed by atoms with Crippen molar-refractivity contribution in [3.05, 3.63) is 42.1 Å². The number of amides is 1. The van der Waals surface area contributed by atoms with Crippen LogP contribution in [0.3, 0.4) is 0 Å². The van der Waals surface area contributed by atoms with E-state index in [9.17, 15) is 4.79 Å². The van der Waals surface area contributed by atoms with Crippen LogP contribution in [0.1, 0.15) is 10.4 Å². The molecule has 3 N–H and O–H groups in total. The second kappa shape index (κ2) is 5.13. The molecule has 0 atom stereocenters. The fraction of sp³-hybridized carbons (Fsp3) is 0.0833. The first-order valence-electron chi connectivity index (χ1n) is 5.23. The number of rotatable bonds is 3. The van der Waals surface area contributed by atoms with Crippen molar-refractivity contribution < 1.29 is 9.53 Å². The molecular formula is C12H12N4O2. The zero-order chi connectivity index (χ0) is 13.0. The predicted octanol–water partition coefficient (Wildman–Crippen LogP) is 1.32. The number of nitrogens with one attached hydrogen (secondary N) is 1. The number of hydrogen-bond acceptors (Lipinski definition) is 5. The summed E-state index contributed by atoms with van der Waals surface area (Å²) in [7, 11) is 1.48. The maximum Gasteiger partial charge on any atom is 0.260 e. The van der Waals surface area contributed by atoms with Gasteiger partial charge in [0, 0.05) is 18.0 Å². The van der Waals surface area contributed by atoms with E-state index in [2.05, 4.69) is 15.5 Å². The van der Waals surface area contributed by atoms with Gasteiger partial charge in [0.1, 0.15) is 5.75 Å². The van der Waals surface area contributed by atoms with E-state index >= 15 is 0 Å². The lowest BCUT2D eigenvalue weighted by atomic mass is 10.1. The minimum atomic E-state index is -0.327. The first kappa shape index (κ1) is 11.8. The summed E-state index contributed by atoms with van der Waals surface area (Å²) in [6, 6.07) is 8.15. The fourth-order valence-corrected chi connectivity index (χ4v) is 1.45. The third-order valence-electron chi connectivity index (χ3n) is 2.28. The number of aromatic nitrogens is 2. The molecule has 0 fully saturated rings. The van der Waals surface area contributed by atoms with Crippen LogP contribution < -0.4 is 15.8 Å². The van der Waals surface area contributed by atoms with Crippen LogP contribution in [0.25, 0.3) is 0 Å². The number of methoxy groups -OCH3 is 1. The molecule has 0 aliphatic heterocycles. The molecule has 0 radical (unpaired) electrons. The SMILES string of the molecule is COc1cc(N)ccc1C(=O)Nc1cccnn1. The van der Waals surface area contributed by atoms with Crippen LogP contribution in [0.15, 0.2) is 36.5 Å². The van der Waals surface area contributed by atoms with Crippen LogP contribution in [0.5, 0.6) is 5.75 Å². The van der Waals surface area contributed by atoms with Crippen LogP contribution in [0.4, 0.5) is 11.5 Å². The Kier molecular flexibility index (Phi) is 3.38. The van der Waals surface area contributed by atoms with Crippen molar-refractivity contribution >= 4 is 17.4 Å². The van der Waals surface area contributed by atoms with Gasteiger partial charge in [0.25, 0.3) is 5.91 Å². The molecule has 0 bridgehead atoms. The summed E-state index contributed by atoms with van der Waals surface area (Å²) in [5.41, 5.74) is 6.54. The van der Waals surface area contributed by atoms with Gasteiger partial charge in [0.15, 0.2) is 5.82 Å². The lowest BCUT2D eigenvalue weighted by Gasteiger charge is -2.09. The second-order valence-electron chi connectivity index (χ2n) is 3.52. The Morgan fingerprint density at radius 2 is 2.22 bits per heavy atom. The van der Waals surface area contributed by atoms with Gasteiger partial charge in [-0.25, -0.2) is 0 Å². The standard InChI is InChI=1S/C12H12N4O2/c1-18-10-7-8(13)4-5-9(10)12(17)15-11-3-2-6-14-16-11/h2-7H,13H2,1H3,(H,15,16,17). The minimum Gasteiger partial charge on any atom is -0.496 e. The molecule has 0 unspecified atom stereocenters. The highest BCUT2D eigenvalue weighted by atomic mass is 16.5. The molecule has 2 rings (SSSR count). The Hall–Kier alpha value is -2.63. The van der Waals surface area contributed by atoms with Crippen LogP contribution in [-0.4, -0.2) is 23.2 Å². The first-order valence-corrected chi connectivity index (χ1v) is 5.23. The number of ether oxygens (including phenoxy) is 1. The number of nitrogen functional groups attached to an aromatic ring is 1. The molecule has 1 heterocycles. The summed E-state index contributed by atoms with van der Waals surface area (Å²) < 4.78 is 5.11. The highest BCUT2D eigenvalue weighted by Crippen LogP contribution is 2.22. The van der Waals surface area contributed by atoms with Crippen LogP contribution >= 0.6 is 0 Å². The van der Waals surface area contributed by atoms with Gasteiger partial charge < -0.3 is 15.8 Å². The molecular weight excluding hydrogens is 232 g/mol. The van der Waals surface area contributed by atoms with E-state index in [1.165, 1.54) is 13.3 Å². The summed E-state index contributed by atoms with van der Waals surface area (Å²) in [5.74, 6) is 0.463. The minimum absolute atomic E-state index is 0.327. The Balaban J connectivity index is 2.24. The average Bonchev–Trinajstić information content (AvgIpc) is 2.39. The van der Waals surface area contributed by atoms with Gasteiger partial charge in [0.2, 0.25) is 0 Å². The fourth-order valence-electron chi connectivity index (χ4n) is 1.45. The van der Waals surface area contributed by atoms with Gasteiger partial charge in [0.05, 0.1) is 12.7 Å². The molecule has 2 aromatic rings. The number of carbonyl (C=O) groups is 1. The average molecular weight is 244 g/mol. The van der Waals surface area contributed by atoms with Crippen molar-refractivity contribution in [3.63, 3.8) is 0 Å². The lowest BCUT2D eigenvalue weighted by molar-refractivity contribution is 0.102. The number of anilines is 2. The summed E-state index contributed by atoms with van der Waals surface area (Å²) in [4.78, 5) is 12.0. The molecule has 1 aromatic carbocycles. The van der Waals surface area contributed by atoms with Crippen LogP contribution in [0, 0.1) is 0 Å².